The third kappa shape index (κ3) is 5.74. The SMILES string of the molecule is CN(CC(=O)NCC1(N2CCOCC2)CCCCC1)Cc1ccc(F)cc1. The highest BCUT2D eigenvalue weighted by Crippen LogP contribution is 2.33. The summed E-state index contributed by atoms with van der Waals surface area (Å²) in [6, 6.07) is 6.44. The van der Waals surface area contributed by atoms with E-state index in [1.807, 2.05) is 11.9 Å². The number of hydrogen-bond donors (Lipinski definition) is 1. The monoisotopic (exact) mass is 377 g/mol. The van der Waals surface area contributed by atoms with Crippen LogP contribution in [-0.2, 0) is 16.1 Å². The van der Waals surface area contributed by atoms with Gasteiger partial charge in [-0.3, -0.25) is 14.6 Å². The molecule has 1 heterocycles. The summed E-state index contributed by atoms with van der Waals surface area (Å²) >= 11 is 0. The van der Waals surface area contributed by atoms with Gasteiger partial charge in [0, 0.05) is 31.7 Å². The number of rotatable bonds is 7. The maximum atomic E-state index is 13.0. The Morgan fingerprint density at radius 3 is 2.52 bits per heavy atom. The van der Waals surface area contributed by atoms with Crippen LogP contribution in [0.25, 0.3) is 0 Å². The summed E-state index contributed by atoms with van der Waals surface area (Å²) in [6.45, 7) is 5.18. The molecule has 6 heteroatoms. The van der Waals surface area contributed by atoms with E-state index < -0.39 is 0 Å². The van der Waals surface area contributed by atoms with Crippen LogP contribution in [0.2, 0.25) is 0 Å². The second kappa shape index (κ2) is 9.62. The fourth-order valence-corrected chi connectivity index (χ4v) is 4.37. The van der Waals surface area contributed by atoms with Gasteiger partial charge in [0.15, 0.2) is 0 Å². The minimum absolute atomic E-state index is 0.0535. The van der Waals surface area contributed by atoms with Gasteiger partial charge in [-0.2, -0.15) is 0 Å². The molecule has 0 aromatic heterocycles. The van der Waals surface area contributed by atoms with Crippen LogP contribution in [0.3, 0.4) is 0 Å². The molecule has 1 aromatic carbocycles. The Morgan fingerprint density at radius 2 is 1.85 bits per heavy atom. The van der Waals surface area contributed by atoms with Crippen molar-refractivity contribution in [2.75, 3.05) is 46.4 Å². The molecule has 3 rings (SSSR count). The zero-order chi connectivity index (χ0) is 19.1. The molecule has 0 spiro atoms. The summed E-state index contributed by atoms with van der Waals surface area (Å²) in [5.41, 5.74) is 1.09. The van der Waals surface area contributed by atoms with Crippen molar-refractivity contribution in [3.63, 3.8) is 0 Å². The van der Waals surface area contributed by atoms with Crippen molar-refractivity contribution in [3.8, 4) is 0 Å². The normalized spacial score (nSPS) is 20.6. The smallest absolute Gasteiger partial charge is 0.234 e. The predicted molar refractivity (Wildman–Crippen MR) is 104 cm³/mol. The standard InChI is InChI=1S/C21H32FN3O2/c1-24(15-18-5-7-19(22)8-6-18)16-20(26)23-17-21(9-3-2-4-10-21)25-11-13-27-14-12-25/h5-8H,2-4,9-17H2,1H3,(H,23,26). The molecule has 0 atom stereocenters. The molecule has 1 saturated carbocycles. The molecule has 27 heavy (non-hydrogen) atoms. The second-order valence-electron chi connectivity index (χ2n) is 7.96. The molecular weight excluding hydrogens is 345 g/mol. The van der Waals surface area contributed by atoms with Crippen LogP contribution in [0.5, 0.6) is 0 Å². The topological polar surface area (TPSA) is 44.8 Å². The van der Waals surface area contributed by atoms with Gasteiger partial charge in [0.2, 0.25) is 5.91 Å². The van der Waals surface area contributed by atoms with Gasteiger partial charge in [-0.05, 0) is 37.6 Å². The van der Waals surface area contributed by atoms with Gasteiger partial charge in [-0.25, -0.2) is 4.39 Å². The maximum Gasteiger partial charge on any atom is 0.234 e. The second-order valence-corrected chi connectivity index (χ2v) is 7.96. The Balaban J connectivity index is 1.50. The van der Waals surface area contributed by atoms with Crippen LogP contribution in [0.15, 0.2) is 24.3 Å². The maximum absolute atomic E-state index is 13.0. The van der Waals surface area contributed by atoms with Crippen LogP contribution >= 0.6 is 0 Å². The average molecular weight is 378 g/mol. The predicted octanol–water partition coefficient (Wildman–Crippen LogP) is 2.41. The van der Waals surface area contributed by atoms with Crippen molar-refractivity contribution in [2.24, 2.45) is 0 Å². The zero-order valence-corrected chi connectivity index (χ0v) is 16.4. The highest BCUT2D eigenvalue weighted by molar-refractivity contribution is 5.78. The van der Waals surface area contributed by atoms with Gasteiger partial charge in [0.05, 0.1) is 19.8 Å². The van der Waals surface area contributed by atoms with E-state index in [1.54, 1.807) is 12.1 Å². The zero-order valence-electron chi connectivity index (χ0n) is 16.4. The number of carbonyl (C=O) groups is 1. The molecule has 150 valence electrons. The number of hydrogen-bond acceptors (Lipinski definition) is 4. The molecule has 0 radical (unpaired) electrons. The van der Waals surface area contributed by atoms with Gasteiger partial charge in [0.25, 0.3) is 0 Å². The molecule has 2 aliphatic rings. The summed E-state index contributed by atoms with van der Waals surface area (Å²) in [7, 11) is 1.92. The highest BCUT2D eigenvalue weighted by Gasteiger charge is 2.38. The summed E-state index contributed by atoms with van der Waals surface area (Å²) < 4.78 is 18.5. The quantitative estimate of drug-likeness (QED) is 0.793. The molecule has 1 saturated heterocycles. The van der Waals surface area contributed by atoms with Crippen molar-refractivity contribution in [3.05, 3.63) is 35.6 Å². The Morgan fingerprint density at radius 1 is 1.19 bits per heavy atom. The number of carbonyl (C=O) groups excluding carboxylic acids is 1. The first-order chi connectivity index (χ1) is 13.1. The Bertz CT molecular complexity index is 596. The van der Waals surface area contributed by atoms with E-state index in [2.05, 4.69) is 10.2 Å². The molecule has 1 aliphatic carbocycles. The molecule has 1 aromatic rings. The Kier molecular flexibility index (Phi) is 7.21. The Labute approximate surface area is 161 Å². The van der Waals surface area contributed by atoms with Crippen molar-refractivity contribution in [1.82, 2.24) is 15.1 Å². The third-order valence-corrected chi connectivity index (χ3v) is 5.86. The van der Waals surface area contributed by atoms with Crippen molar-refractivity contribution >= 4 is 5.91 Å². The number of nitrogens with one attached hydrogen (secondary N) is 1. The number of amides is 1. The number of morpholine rings is 1. The fraction of sp³-hybridized carbons (Fsp3) is 0.667. The third-order valence-electron chi connectivity index (χ3n) is 5.86. The fourth-order valence-electron chi connectivity index (χ4n) is 4.37. The lowest BCUT2D eigenvalue weighted by Crippen LogP contribution is -2.60. The van der Waals surface area contributed by atoms with Gasteiger partial charge < -0.3 is 10.1 Å². The lowest BCUT2D eigenvalue weighted by atomic mass is 9.79. The molecule has 1 N–H and O–H groups in total. The Hall–Kier alpha value is -1.50. The van der Waals surface area contributed by atoms with Crippen LogP contribution in [0.4, 0.5) is 4.39 Å². The lowest BCUT2D eigenvalue weighted by Gasteiger charge is -2.48. The van der Waals surface area contributed by atoms with E-state index >= 15 is 0 Å². The van der Waals surface area contributed by atoms with Crippen LogP contribution in [0, 0.1) is 5.82 Å². The summed E-state index contributed by atoms with van der Waals surface area (Å²) in [4.78, 5) is 17.0. The summed E-state index contributed by atoms with van der Waals surface area (Å²) in [5.74, 6) is -0.183. The van der Waals surface area contributed by atoms with Gasteiger partial charge in [-0.1, -0.05) is 31.4 Å². The minimum atomic E-state index is -0.236. The first kappa shape index (κ1) is 20.2. The summed E-state index contributed by atoms with van der Waals surface area (Å²) in [5, 5.41) is 3.19. The number of benzene rings is 1. The number of nitrogens with zero attached hydrogens (tertiary/aromatic N) is 2. The van der Waals surface area contributed by atoms with E-state index in [9.17, 15) is 9.18 Å². The van der Waals surface area contributed by atoms with E-state index in [0.29, 0.717) is 13.1 Å². The largest absolute Gasteiger partial charge is 0.379 e. The highest BCUT2D eigenvalue weighted by atomic mass is 19.1. The average Bonchev–Trinajstić information content (AvgIpc) is 2.69. The molecule has 0 unspecified atom stereocenters. The molecule has 1 amide bonds. The van der Waals surface area contributed by atoms with Gasteiger partial charge >= 0.3 is 0 Å². The molecule has 2 fully saturated rings. The first-order valence-corrected chi connectivity index (χ1v) is 10.1. The molecule has 5 nitrogen and oxygen atoms in total. The van der Waals surface area contributed by atoms with E-state index in [1.165, 1.54) is 31.4 Å². The minimum Gasteiger partial charge on any atom is -0.379 e. The van der Waals surface area contributed by atoms with E-state index in [4.69, 9.17) is 4.74 Å². The van der Waals surface area contributed by atoms with Crippen molar-refractivity contribution < 1.29 is 13.9 Å². The molecule has 1 aliphatic heterocycles. The first-order valence-electron chi connectivity index (χ1n) is 10.1. The van der Waals surface area contributed by atoms with E-state index in [-0.39, 0.29) is 17.3 Å². The van der Waals surface area contributed by atoms with Crippen LogP contribution < -0.4 is 5.32 Å². The summed E-state index contributed by atoms with van der Waals surface area (Å²) in [6.07, 6.45) is 6.06. The van der Waals surface area contributed by atoms with Gasteiger partial charge in [0.1, 0.15) is 5.82 Å². The van der Waals surface area contributed by atoms with Crippen molar-refractivity contribution in [2.45, 2.75) is 44.2 Å². The number of likely N-dealkylation sites (N-methyl/N-ethyl adjacent to an activating group) is 1. The lowest BCUT2D eigenvalue weighted by molar-refractivity contribution is -0.123. The number of halogens is 1. The van der Waals surface area contributed by atoms with Crippen LogP contribution in [0.1, 0.15) is 37.7 Å². The number of ether oxygens (including phenoxy) is 1. The van der Waals surface area contributed by atoms with Gasteiger partial charge in [-0.15, -0.1) is 0 Å². The van der Waals surface area contributed by atoms with Crippen molar-refractivity contribution in [1.29, 1.82) is 0 Å². The molecule has 0 bridgehead atoms. The van der Waals surface area contributed by atoms with Crippen LogP contribution in [-0.4, -0.2) is 67.7 Å². The van der Waals surface area contributed by atoms with E-state index in [0.717, 1.165) is 51.3 Å². The molecular formula is C21H32FN3O2.